The third-order valence-electron chi connectivity index (χ3n) is 5.06. The Balaban J connectivity index is 1.68. The maximum absolute atomic E-state index is 13.4. The number of hydrazone groups is 1. The normalized spacial score (nSPS) is 17.2. The van der Waals surface area contributed by atoms with Gasteiger partial charge in [0.15, 0.2) is 5.17 Å². The monoisotopic (exact) mass is 432 g/mol. The summed E-state index contributed by atoms with van der Waals surface area (Å²) in [6.45, 7) is 0. The number of carbonyl (C=O) groups excluding carboxylic acids is 1. The molecule has 0 aliphatic carbocycles. The second kappa shape index (κ2) is 7.63. The Morgan fingerprint density at radius 1 is 1.00 bits per heavy atom. The van der Waals surface area contributed by atoms with Crippen LogP contribution in [0.15, 0.2) is 89.0 Å². The molecule has 1 amide bonds. The van der Waals surface area contributed by atoms with Crippen molar-refractivity contribution in [2.24, 2.45) is 10.1 Å². The highest BCUT2D eigenvalue weighted by atomic mass is 35.5. The predicted molar refractivity (Wildman–Crippen MR) is 122 cm³/mol. The largest absolute Gasteiger partial charge is 0.268 e. The summed E-state index contributed by atoms with van der Waals surface area (Å²) >= 11 is 7.73. The Labute approximate surface area is 183 Å². The lowest BCUT2D eigenvalue weighted by Gasteiger charge is -2.33. The van der Waals surface area contributed by atoms with Crippen LogP contribution in [0.1, 0.15) is 27.5 Å². The number of carbonyl (C=O) groups is 1. The zero-order valence-electron chi connectivity index (χ0n) is 16.1. The van der Waals surface area contributed by atoms with Crippen molar-refractivity contribution in [3.8, 4) is 0 Å². The van der Waals surface area contributed by atoms with Gasteiger partial charge in [0.1, 0.15) is 6.04 Å². The van der Waals surface area contributed by atoms with Gasteiger partial charge in [-0.2, -0.15) is 0 Å². The molecule has 7 heteroatoms. The topological polar surface area (TPSA) is 48.3 Å². The Hall–Kier alpha value is -3.09. The number of nitrogens with zero attached hydrogens (tertiary/aromatic N) is 4. The Bertz CT molecular complexity index is 1180. The van der Waals surface area contributed by atoms with Crippen LogP contribution in [0.2, 0.25) is 5.02 Å². The van der Waals surface area contributed by atoms with Gasteiger partial charge in [0.25, 0.3) is 5.91 Å². The SMILES string of the molecule is CSC1=NN2C(=Nc3ccc(Cl)cc3C2c2ccccc2)N1C(=O)c1ccccc1. The number of aliphatic imine (C=N–C) groups is 1. The minimum atomic E-state index is -0.233. The van der Waals surface area contributed by atoms with Crippen molar-refractivity contribution >= 4 is 46.1 Å². The molecule has 0 fully saturated rings. The second-order valence-corrected chi connectivity index (χ2v) is 8.08. The van der Waals surface area contributed by atoms with Crippen molar-refractivity contribution in [1.82, 2.24) is 9.91 Å². The molecule has 3 aromatic rings. The molecule has 1 unspecified atom stereocenters. The smallest absolute Gasteiger partial charge is 0.266 e. The minimum Gasteiger partial charge on any atom is -0.268 e. The molecular weight excluding hydrogens is 416 g/mol. The van der Waals surface area contributed by atoms with Gasteiger partial charge in [0, 0.05) is 16.1 Å². The first-order valence-corrected chi connectivity index (χ1v) is 11.0. The van der Waals surface area contributed by atoms with E-state index in [1.165, 1.54) is 11.8 Å². The van der Waals surface area contributed by atoms with Crippen LogP contribution in [0.5, 0.6) is 0 Å². The maximum atomic E-state index is 13.4. The van der Waals surface area contributed by atoms with Crippen LogP contribution in [0.4, 0.5) is 5.69 Å². The molecule has 1 atom stereocenters. The van der Waals surface area contributed by atoms with Gasteiger partial charge >= 0.3 is 0 Å². The quantitative estimate of drug-likeness (QED) is 0.535. The molecule has 30 heavy (non-hydrogen) atoms. The summed E-state index contributed by atoms with van der Waals surface area (Å²) in [6, 6.07) is 24.6. The van der Waals surface area contributed by atoms with Crippen LogP contribution in [0.25, 0.3) is 0 Å². The maximum Gasteiger partial charge on any atom is 0.266 e. The Kier molecular flexibility index (Phi) is 4.81. The van der Waals surface area contributed by atoms with E-state index >= 15 is 0 Å². The number of hydrogen-bond donors (Lipinski definition) is 0. The van der Waals surface area contributed by atoms with E-state index in [-0.39, 0.29) is 11.9 Å². The summed E-state index contributed by atoms with van der Waals surface area (Å²) in [7, 11) is 0. The van der Waals surface area contributed by atoms with E-state index in [1.54, 1.807) is 17.0 Å². The summed E-state index contributed by atoms with van der Waals surface area (Å²) in [4.78, 5) is 19.8. The van der Waals surface area contributed by atoms with Gasteiger partial charge in [-0.25, -0.2) is 14.9 Å². The molecule has 2 aliphatic heterocycles. The predicted octanol–water partition coefficient (Wildman–Crippen LogP) is 5.52. The molecule has 2 aliphatic rings. The van der Waals surface area contributed by atoms with Crippen molar-refractivity contribution in [3.63, 3.8) is 0 Å². The first kappa shape index (κ1) is 18.9. The summed E-state index contributed by atoms with van der Waals surface area (Å²) in [6.07, 6.45) is 1.91. The highest BCUT2D eigenvalue weighted by Crippen LogP contribution is 2.43. The highest BCUT2D eigenvalue weighted by molar-refractivity contribution is 8.13. The fourth-order valence-corrected chi connectivity index (χ4v) is 4.40. The van der Waals surface area contributed by atoms with E-state index in [4.69, 9.17) is 21.7 Å². The molecule has 2 heterocycles. The summed E-state index contributed by atoms with van der Waals surface area (Å²) < 4.78 is 0. The summed E-state index contributed by atoms with van der Waals surface area (Å²) in [5, 5.41) is 7.83. The van der Waals surface area contributed by atoms with E-state index in [9.17, 15) is 4.79 Å². The number of benzene rings is 3. The van der Waals surface area contributed by atoms with Crippen LogP contribution in [-0.2, 0) is 0 Å². The molecule has 0 saturated heterocycles. The first-order valence-electron chi connectivity index (χ1n) is 9.42. The lowest BCUT2D eigenvalue weighted by Crippen LogP contribution is -2.43. The van der Waals surface area contributed by atoms with Gasteiger partial charge in [-0.15, -0.1) is 5.10 Å². The summed E-state index contributed by atoms with van der Waals surface area (Å²) in [5.41, 5.74) is 3.37. The lowest BCUT2D eigenvalue weighted by molar-refractivity contribution is 0.0901. The average Bonchev–Trinajstić information content (AvgIpc) is 3.16. The molecule has 0 aromatic heterocycles. The molecule has 0 N–H and O–H groups in total. The van der Waals surface area contributed by atoms with Crippen molar-refractivity contribution in [2.75, 3.05) is 6.26 Å². The number of hydrogen-bond acceptors (Lipinski definition) is 5. The van der Waals surface area contributed by atoms with E-state index in [2.05, 4.69) is 0 Å². The van der Waals surface area contributed by atoms with Crippen LogP contribution in [-0.4, -0.2) is 33.2 Å². The van der Waals surface area contributed by atoms with Crippen LogP contribution in [0, 0.1) is 0 Å². The van der Waals surface area contributed by atoms with Crippen LogP contribution < -0.4 is 0 Å². The van der Waals surface area contributed by atoms with E-state index in [0.717, 1.165) is 16.8 Å². The zero-order chi connectivity index (χ0) is 20.7. The number of amides is 1. The molecule has 0 radical (unpaired) electrons. The number of guanidine groups is 1. The molecule has 3 aromatic carbocycles. The molecule has 0 bridgehead atoms. The second-order valence-electron chi connectivity index (χ2n) is 6.87. The van der Waals surface area contributed by atoms with Crippen molar-refractivity contribution in [3.05, 3.63) is 101 Å². The molecule has 148 valence electrons. The van der Waals surface area contributed by atoms with Crippen molar-refractivity contribution in [2.45, 2.75) is 6.04 Å². The van der Waals surface area contributed by atoms with Gasteiger partial charge in [-0.1, -0.05) is 71.9 Å². The molecule has 0 spiro atoms. The molecule has 5 nitrogen and oxygen atoms in total. The average molecular weight is 433 g/mol. The number of thioether (sulfide) groups is 1. The fraction of sp³-hybridized carbons (Fsp3) is 0.0870. The van der Waals surface area contributed by atoms with Crippen molar-refractivity contribution in [1.29, 1.82) is 0 Å². The standard InChI is InChI=1S/C23H17ClN4OS/c1-30-23-26-28-20(15-8-4-2-5-9-15)18-14-17(24)12-13-19(18)25-22(28)27(23)21(29)16-10-6-3-7-11-16/h2-14,20H,1H3. The number of fused-ring (bicyclic) bond motifs is 2. The Morgan fingerprint density at radius 2 is 1.70 bits per heavy atom. The summed E-state index contributed by atoms with van der Waals surface area (Å²) in [5.74, 6) is 0.339. The van der Waals surface area contributed by atoms with Crippen LogP contribution in [0.3, 0.4) is 0 Å². The highest BCUT2D eigenvalue weighted by Gasteiger charge is 2.43. The number of amidine groups is 1. The van der Waals surface area contributed by atoms with Gasteiger partial charge in [-0.05, 0) is 42.2 Å². The van der Waals surface area contributed by atoms with Gasteiger partial charge in [0.2, 0.25) is 5.96 Å². The zero-order valence-corrected chi connectivity index (χ0v) is 17.6. The van der Waals surface area contributed by atoms with Gasteiger partial charge in [-0.3, -0.25) is 4.79 Å². The molecule has 5 rings (SSSR count). The first-order chi connectivity index (χ1) is 14.7. The van der Waals surface area contributed by atoms with E-state index in [1.807, 2.05) is 78.0 Å². The van der Waals surface area contributed by atoms with Gasteiger partial charge in [0.05, 0.1) is 5.69 Å². The van der Waals surface area contributed by atoms with E-state index in [0.29, 0.717) is 21.7 Å². The number of halogens is 1. The third-order valence-corrected chi connectivity index (χ3v) is 5.92. The Morgan fingerprint density at radius 3 is 2.40 bits per heavy atom. The third kappa shape index (κ3) is 3.09. The van der Waals surface area contributed by atoms with Gasteiger partial charge < -0.3 is 0 Å². The van der Waals surface area contributed by atoms with E-state index < -0.39 is 0 Å². The van der Waals surface area contributed by atoms with Crippen molar-refractivity contribution < 1.29 is 4.79 Å². The van der Waals surface area contributed by atoms with Crippen LogP contribution >= 0.6 is 23.4 Å². The lowest BCUT2D eigenvalue weighted by atomic mass is 9.95. The minimum absolute atomic E-state index is 0.158. The fourth-order valence-electron chi connectivity index (χ4n) is 3.71. The molecule has 0 saturated carbocycles. The molecular formula is C23H17ClN4OS. The number of rotatable bonds is 2.